The van der Waals surface area contributed by atoms with Gasteiger partial charge in [-0.1, -0.05) is 13.0 Å². The maximum atomic E-state index is 11.0. The van der Waals surface area contributed by atoms with E-state index in [-0.39, 0.29) is 24.2 Å². The molecule has 2 rings (SSSR count). The third-order valence-corrected chi connectivity index (χ3v) is 4.41. The summed E-state index contributed by atoms with van der Waals surface area (Å²) < 4.78 is 12.0. The van der Waals surface area contributed by atoms with E-state index in [1.165, 1.54) is 4.90 Å². The highest BCUT2D eigenvalue weighted by Gasteiger charge is 2.53. The average Bonchev–Trinajstić information content (AvgIpc) is 2.47. The summed E-state index contributed by atoms with van der Waals surface area (Å²) in [5.74, 6) is 0.111. The van der Waals surface area contributed by atoms with Crippen LogP contribution in [0.3, 0.4) is 0 Å². The van der Waals surface area contributed by atoms with Crippen molar-refractivity contribution < 1.29 is 19.2 Å². The van der Waals surface area contributed by atoms with E-state index >= 15 is 0 Å². The van der Waals surface area contributed by atoms with Crippen molar-refractivity contribution in [2.24, 2.45) is 5.92 Å². The summed E-state index contributed by atoms with van der Waals surface area (Å²) in [4.78, 5) is 12.4. The first-order valence-corrected chi connectivity index (χ1v) is 6.67. The molecule has 0 saturated carbocycles. The van der Waals surface area contributed by atoms with Crippen LogP contribution in [0.5, 0.6) is 0 Å². The molecule has 0 aromatic heterocycles. The fourth-order valence-corrected chi connectivity index (χ4v) is 2.39. The predicted octanol–water partition coefficient (Wildman–Crippen LogP) is 2.17. The normalized spacial score (nSPS) is 29.3. The molecule has 1 fully saturated rings. The van der Waals surface area contributed by atoms with Crippen LogP contribution in [0.1, 0.15) is 34.6 Å². The summed E-state index contributed by atoms with van der Waals surface area (Å²) in [6.07, 6.45) is 1.04. The molecule has 0 aromatic carbocycles. The Kier molecular flexibility index (Phi) is 3.43. The molecule has 0 bridgehead atoms. The van der Waals surface area contributed by atoms with Gasteiger partial charge >= 0.3 is 13.2 Å². The molecule has 106 valence electrons. The maximum Gasteiger partial charge on any atom is 0.490 e. The molecule has 2 heterocycles. The van der Waals surface area contributed by atoms with Crippen molar-refractivity contribution in [3.8, 4) is 0 Å². The van der Waals surface area contributed by atoms with Crippen LogP contribution in [0.15, 0.2) is 11.5 Å². The number of rotatable bonds is 1. The zero-order valence-electron chi connectivity index (χ0n) is 12.3. The van der Waals surface area contributed by atoms with Gasteiger partial charge < -0.3 is 19.3 Å². The molecule has 0 aliphatic carbocycles. The second-order valence-electron chi connectivity index (χ2n) is 6.38. The minimum atomic E-state index is -0.879. The van der Waals surface area contributed by atoms with Crippen molar-refractivity contribution in [3.05, 3.63) is 11.5 Å². The van der Waals surface area contributed by atoms with E-state index in [1.807, 2.05) is 40.7 Å². The predicted molar refractivity (Wildman–Crippen MR) is 72.9 cm³/mol. The topological polar surface area (TPSA) is 59.0 Å². The summed E-state index contributed by atoms with van der Waals surface area (Å²) in [7, 11) is -0.365. The molecule has 1 amide bonds. The van der Waals surface area contributed by atoms with Gasteiger partial charge in [0.25, 0.3) is 0 Å². The van der Waals surface area contributed by atoms with E-state index in [2.05, 4.69) is 0 Å². The molecule has 1 unspecified atom stereocenters. The van der Waals surface area contributed by atoms with E-state index in [4.69, 9.17) is 14.4 Å². The van der Waals surface area contributed by atoms with Gasteiger partial charge in [-0.15, -0.1) is 0 Å². The molecule has 6 heteroatoms. The van der Waals surface area contributed by atoms with Crippen LogP contribution >= 0.6 is 0 Å². The lowest BCUT2D eigenvalue weighted by atomic mass is 9.70. The molecule has 1 saturated heterocycles. The zero-order valence-corrected chi connectivity index (χ0v) is 12.3. The van der Waals surface area contributed by atoms with Gasteiger partial charge in [0.05, 0.1) is 11.2 Å². The molecule has 1 atom stereocenters. The zero-order chi connectivity index (χ0) is 14.4. The first-order valence-electron chi connectivity index (χ1n) is 6.67. The lowest BCUT2D eigenvalue weighted by molar-refractivity contribution is 0.00578. The number of nitrogens with zero attached hydrogens (tertiary/aromatic N) is 1. The van der Waals surface area contributed by atoms with Gasteiger partial charge in [-0.05, 0) is 39.1 Å². The van der Waals surface area contributed by atoms with Gasteiger partial charge in [-0.2, -0.15) is 0 Å². The Labute approximate surface area is 114 Å². The van der Waals surface area contributed by atoms with Crippen molar-refractivity contribution in [1.82, 2.24) is 4.90 Å². The Morgan fingerprint density at radius 3 is 2.32 bits per heavy atom. The molecule has 2 aliphatic rings. The minimum absolute atomic E-state index is 0.111. The highest BCUT2D eigenvalue weighted by molar-refractivity contribution is 6.54. The van der Waals surface area contributed by atoms with Crippen LogP contribution < -0.4 is 0 Å². The monoisotopic (exact) mass is 267 g/mol. The SMILES string of the molecule is CC1CN(C(=O)O)CC=C1B1OC(C)(C)C(C)(C)O1. The molecule has 0 radical (unpaired) electrons. The van der Waals surface area contributed by atoms with Crippen LogP contribution in [0, 0.1) is 5.92 Å². The van der Waals surface area contributed by atoms with Gasteiger partial charge in [-0.3, -0.25) is 0 Å². The summed E-state index contributed by atoms with van der Waals surface area (Å²) in [6.45, 7) is 11.0. The number of carbonyl (C=O) groups is 1. The highest BCUT2D eigenvalue weighted by atomic mass is 16.7. The van der Waals surface area contributed by atoms with E-state index in [0.717, 1.165) is 5.47 Å². The summed E-state index contributed by atoms with van der Waals surface area (Å²) >= 11 is 0. The molecule has 0 spiro atoms. The van der Waals surface area contributed by atoms with Gasteiger partial charge in [0, 0.05) is 13.1 Å². The third kappa shape index (κ3) is 2.51. The molecular formula is C13H22BNO4. The quantitative estimate of drug-likeness (QED) is 0.740. The highest BCUT2D eigenvalue weighted by Crippen LogP contribution is 2.40. The number of hydrogen-bond donors (Lipinski definition) is 1. The van der Waals surface area contributed by atoms with Gasteiger partial charge in [0.1, 0.15) is 0 Å². The summed E-state index contributed by atoms with van der Waals surface area (Å²) in [5.41, 5.74) is 0.334. The Morgan fingerprint density at radius 2 is 1.89 bits per heavy atom. The van der Waals surface area contributed by atoms with Crippen molar-refractivity contribution in [1.29, 1.82) is 0 Å². The minimum Gasteiger partial charge on any atom is -0.465 e. The van der Waals surface area contributed by atoms with Crippen LogP contribution in [0.4, 0.5) is 4.79 Å². The fraction of sp³-hybridized carbons (Fsp3) is 0.769. The number of amides is 1. The summed E-state index contributed by atoms with van der Waals surface area (Å²) in [6, 6.07) is 0. The average molecular weight is 267 g/mol. The van der Waals surface area contributed by atoms with E-state index in [0.29, 0.717) is 13.1 Å². The first-order chi connectivity index (χ1) is 8.64. The Balaban J connectivity index is 2.14. The van der Waals surface area contributed by atoms with E-state index in [9.17, 15) is 4.79 Å². The van der Waals surface area contributed by atoms with Crippen LogP contribution in [-0.4, -0.2) is 47.5 Å². The number of carboxylic acid groups (broad SMARTS) is 1. The second-order valence-corrected chi connectivity index (χ2v) is 6.38. The standard InChI is InChI=1S/C13H22BNO4/c1-9-8-15(11(16)17)7-6-10(9)14-18-12(2,3)13(4,5)19-14/h6,9H,7-8H2,1-5H3,(H,16,17). The first kappa shape index (κ1) is 14.4. The molecule has 19 heavy (non-hydrogen) atoms. The Hall–Kier alpha value is -1.01. The van der Waals surface area contributed by atoms with Gasteiger partial charge in [0.2, 0.25) is 0 Å². The second kappa shape index (κ2) is 4.53. The summed E-state index contributed by atoms with van der Waals surface area (Å²) in [5, 5.41) is 9.01. The smallest absolute Gasteiger partial charge is 0.465 e. The Morgan fingerprint density at radius 1 is 1.37 bits per heavy atom. The molecular weight excluding hydrogens is 245 g/mol. The van der Waals surface area contributed by atoms with Gasteiger partial charge in [-0.25, -0.2) is 4.79 Å². The third-order valence-electron chi connectivity index (χ3n) is 4.41. The van der Waals surface area contributed by atoms with Crippen LogP contribution in [-0.2, 0) is 9.31 Å². The van der Waals surface area contributed by atoms with Crippen LogP contribution in [0.25, 0.3) is 0 Å². The van der Waals surface area contributed by atoms with Crippen molar-refractivity contribution in [2.75, 3.05) is 13.1 Å². The fourth-order valence-electron chi connectivity index (χ4n) is 2.39. The van der Waals surface area contributed by atoms with E-state index in [1.54, 1.807) is 0 Å². The molecule has 5 nitrogen and oxygen atoms in total. The van der Waals surface area contributed by atoms with Crippen molar-refractivity contribution in [2.45, 2.75) is 45.8 Å². The Bertz CT molecular complexity index is 403. The lowest BCUT2D eigenvalue weighted by Gasteiger charge is -2.32. The molecule has 1 N–H and O–H groups in total. The number of hydrogen-bond acceptors (Lipinski definition) is 3. The molecule has 2 aliphatic heterocycles. The van der Waals surface area contributed by atoms with E-state index < -0.39 is 6.09 Å². The van der Waals surface area contributed by atoms with Crippen LogP contribution in [0.2, 0.25) is 0 Å². The largest absolute Gasteiger partial charge is 0.490 e. The van der Waals surface area contributed by atoms with Crippen molar-refractivity contribution in [3.63, 3.8) is 0 Å². The maximum absolute atomic E-state index is 11.0. The molecule has 0 aromatic rings. The van der Waals surface area contributed by atoms with Gasteiger partial charge in [0.15, 0.2) is 0 Å². The lowest BCUT2D eigenvalue weighted by Crippen LogP contribution is -2.41. The van der Waals surface area contributed by atoms with Crippen molar-refractivity contribution >= 4 is 13.2 Å².